The fourth-order valence-electron chi connectivity index (χ4n) is 2.80. The van der Waals surface area contributed by atoms with Crippen LogP contribution in [-0.2, 0) is 17.6 Å². The molecule has 4 aromatic rings. The highest BCUT2D eigenvalue weighted by molar-refractivity contribution is 7.13. The molecule has 28 heavy (non-hydrogen) atoms. The Bertz CT molecular complexity index is 1090. The van der Waals surface area contributed by atoms with Crippen LogP contribution < -0.4 is 5.32 Å². The van der Waals surface area contributed by atoms with Crippen LogP contribution in [0.3, 0.4) is 0 Å². The molecule has 7 heteroatoms. The van der Waals surface area contributed by atoms with Gasteiger partial charge in [-0.25, -0.2) is 0 Å². The van der Waals surface area contributed by atoms with Crippen molar-refractivity contribution in [2.24, 2.45) is 0 Å². The monoisotopic (exact) mass is 409 g/mol. The highest BCUT2D eigenvalue weighted by Gasteiger charge is 2.14. The van der Waals surface area contributed by atoms with Crippen LogP contribution in [0.25, 0.3) is 10.7 Å². The van der Waals surface area contributed by atoms with Crippen molar-refractivity contribution in [3.8, 4) is 10.7 Å². The number of amides is 1. The van der Waals surface area contributed by atoms with E-state index in [9.17, 15) is 4.79 Å². The van der Waals surface area contributed by atoms with E-state index in [0.29, 0.717) is 23.2 Å². The highest BCUT2D eigenvalue weighted by atomic mass is 35.5. The van der Waals surface area contributed by atoms with Crippen LogP contribution in [0.4, 0.5) is 5.69 Å². The van der Waals surface area contributed by atoms with E-state index in [1.807, 2.05) is 60.0 Å². The minimum Gasteiger partial charge on any atom is -0.339 e. The summed E-state index contributed by atoms with van der Waals surface area (Å²) in [5, 5.41) is 9.54. The maximum Gasteiger partial charge on any atom is 0.231 e. The van der Waals surface area contributed by atoms with Crippen LogP contribution in [-0.4, -0.2) is 16.0 Å². The fourth-order valence-corrected chi connectivity index (χ4v) is 3.65. The summed E-state index contributed by atoms with van der Waals surface area (Å²) in [5.41, 5.74) is 2.41. The van der Waals surface area contributed by atoms with Crippen LogP contribution >= 0.6 is 22.9 Å². The SMILES string of the molecule is O=C(Cc1ccccc1Cl)Nc1ccccc1Cc1nc(-c2cccs2)no1. The summed E-state index contributed by atoms with van der Waals surface area (Å²) < 4.78 is 5.38. The molecule has 0 saturated heterocycles. The van der Waals surface area contributed by atoms with Crippen molar-refractivity contribution in [3.05, 3.63) is 88.1 Å². The number of rotatable bonds is 6. The lowest BCUT2D eigenvalue weighted by Crippen LogP contribution is -2.16. The molecule has 0 aliphatic carbocycles. The van der Waals surface area contributed by atoms with Gasteiger partial charge < -0.3 is 9.84 Å². The summed E-state index contributed by atoms with van der Waals surface area (Å²) in [5.74, 6) is 0.937. The van der Waals surface area contributed by atoms with Crippen LogP contribution in [0.2, 0.25) is 5.02 Å². The third kappa shape index (κ3) is 4.30. The molecular weight excluding hydrogens is 394 g/mol. The topological polar surface area (TPSA) is 68.0 Å². The largest absolute Gasteiger partial charge is 0.339 e. The van der Waals surface area contributed by atoms with E-state index in [-0.39, 0.29) is 12.3 Å². The molecule has 0 fully saturated rings. The minimum atomic E-state index is -0.134. The van der Waals surface area contributed by atoms with Crippen molar-refractivity contribution in [2.75, 3.05) is 5.32 Å². The van der Waals surface area contributed by atoms with Gasteiger partial charge in [0.15, 0.2) is 0 Å². The summed E-state index contributed by atoms with van der Waals surface area (Å²) in [4.78, 5) is 17.9. The maximum atomic E-state index is 12.5. The van der Waals surface area contributed by atoms with E-state index in [1.54, 1.807) is 17.4 Å². The number of carbonyl (C=O) groups excluding carboxylic acids is 1. The van der Waals surface area contributed by atoms with Gasteiger partial charge in [-0.05, 0) is 34.7 Å². The number of halogens is 1. The van der Waals surface area contributed by atoms with Gasteiger partial charge in [0.25, 0.3) is 0 Å². The van der Waals surface area contributed by atoms with Crippen molar-refractivity contribution in [1.82, 2.24) is 10.1 Å². The van der Waals surface area contributed by atoms with Gasteiger partial charge in [0.2, 0.25) is 17.6 Å². The quantitative estimate of drug-likeness (QED) is 0.473. The Morgan fingerprint density at radius 1 is 1.04 bits per heavy atom. The van der Waals surface area contributed by atoms with Gasteiger partial charge in [0, 0.05) is 10.7 Å². The number of hydrogen-bond donors (Lipinski definition) is 1. The third-order valence-electron chi connectivity index (χ3n) is 4.15. The Kier molecular flexibility index (Phi) is 5.50. The van der Waals surface area contributed by atoms with E-state index in [0.717, 1.165) is 21.7 Å². The normalized spacial score (nSPS) is 10.8. The molecule has 2 aromatic carbocycles. The Balaban J connectivity index is 1.48. The summed E-state index contributed by atoms with van der Waals surface area (Å²) in [7, 11) is 0. The van der Waals surface area contributed by atoms with E-state index in [4.69, 9.17) is 16.1 Å². The van der Waals surface area contributed by atoms with Gasteiger partial charge >= 0.3 is 0 Å². The van der Waals surface area contributed by atoms with Crippen molar-refractivity contribution in [1.29, 1.82) is 0 Å². The Morgan fingerprint density at radius 2 is 1.82 bits per heavy atom. The Labute approximate surface area is 171 Å². The standard InChI is InChI=1S/C21H16ClN3O2S/c22-16-8-3-1-6-14(16)12-19(26)23-17-9-4-2-7-15(17)13-20-24-21(25-27-20)18-10-5-11-28-18/h1-11H,12-13H2,(H,23,26). The number of carbonyl (C=O) groups is 1. The lowest BCUT2D eigenvalue weighted by Gasteiger charge is -2.10. The first-order chi connectivity index (χ1) is 13.7. The average molecular weight is 410 g/mol. The zero-order valence-corrected chi connectivity index (χ0v) is 16.3. The predicted octanol–water partition coefficient (Wildman–Crippen LogP) is 5.22. The van der Waals surface area contributed by atoms with Gasteiger partial charge in [-0.3, -0.25) is 4.79 Å². The van der Waals surface area contributed by atoms with Crippen LogP contribution in [0, 0.1) is 0 Å². The van der Waals surface area contributed by atoms with Crippen molar-refractivity contribution in [2.45, 2.75) is 12.8 Å². The van der Waals surface area contributed by atoms with E-state index >= 15 is 0 Å². The molecule has 0 saturated carbocycles. The minimum absolute atomic E-state index is 0.134. The lowest BCUT2D eigenvalue weighted by molar-refractivity contribution is -0.115. The number of nitrogens with zero attached hydrogens (tertiary/aromatic N) is 2. The Hall–Kier alpha value is -2.96. The summed E-state index contributed by atoms with van der Waals surface area (Å²) in [6.45, 7) is 0. The molecule has 1 amide bonds. The number of para-hydroxylation sites is 1. The van der Waals surface area contributed by atoms with Crippen molar-refractivity contribution in [3.63, 3.8) is 0 Å². The molecule has 1 N–H and O–H groups in total. The molecule has 140 valence electrons. The second kappa shape index (κ2) is 8.37. The van der Waals surface area contributed by atoms with E-state index in [1.165, 1.54) is 0 Å². The molecule has 0 unspecified atom stereocenters. The molecule has 4 rings (SSSR count). The zero-order valence-electron chi connectivity index (χ0n) is 14.8. The number of benzene rings is 2. The third-order valence-corrected chi connectivity index (χ3v) is 5.39. The summed E-state index contributed by atoms with van der Waals surface area (Å²) in [6.07, 6.45) is 0.637. The number of thiophene rings is 1. The zero-order chi connectivity index (χ0) is 19.3. The molecule has 2 heterocycles. The molecule has 0 bridgehead atoms. The first-order valence-electron chi connectivity index (χ1n) is 8.66. The van der Waals surface area contributed by atoms with Gasteiger partial charge in [-0.2, -0.15) is 4.98 Å². The first-order valence-corrected chi connectivity index (χ1v) is 9.92. The molecular formula is C21H16ClN3O2S. The average Bonchev–Trinajstić information content (AvgIpc) is 3.37. The molecule has 0 aliphatic heterocycles. The van der Waals surface area contributed by atoms with Gasteiger partial charge in [0.05, 0.1) is 17.7 Å². The van der Waals surface area contributed by atoms with Crippen molar-refractivity contribution < 1.29 is 9.32 Å². The first kappa shape index (κ1) is 18.4. The Morgan fingerprint density at radius 3 is 2.61 bits per heavy atom. The molecule has 5 nitrogen and oxygen atoms in total. The molecule has 0 atom stereocenters. The highest BCUT2D eigenvalue weighted by Crippen LogP contribution is 2.24. The van der Waals surface area contributed by atoms with Crippen molar-refractivity contribution >= 4 is 34.5 Å². The van der Waals surface area contributed by atoms with Gasteiger partial charge in [-0.15, -0.1) is 11.3 Å². The fraction of sp³-hybridized carbons (Fsp3) is 0.0952. The molecule has 0 radical (unpaired) electrons. The second-order valence-corrected chi connectivity index (χ2v) is 7.49. The number of hydrogen-bond acceptors (Lipinski definition) is 5. The van der Waals surface area contributed by atoms with E-state index in [2.05, 4.69) is 15.5 Å². The molecule has 0 spiro atoms. The molecule has 0 aliphatic rings. The number of aromatic nitrogens is 2. The maximum absolute atomic E-state index is 12.5. The van der Waals surface area contributed by atoms with Crippen LogP contribution in [0.15, 0.2) is 70.6 Å². The number of nitrogens with one attached hydrogen (secondary N) is 1. The summed E-state index contributed by atoms with van der Waals surface area (Å²) >= 11 is 7.70. The van der Waals surface area contributed by atoms with Crippen LogP contribution in [0.1, 0.15) is 17.0 Å². The van der Waals surface area contributed by atoms with Crippen LogP contribution in [0.5, 0.6) is 0 Å². The van der Waals surface area contributed by atoms with E-state index < -0.39 is 0 Å². The molecule has 2 aromatic heterocycles. The van der Waals surface area contributed by atoms with Gasteiger partial charge in [0.1, 0.15) is 0 Å². The lowest BCUT2D eigenvalue weighted by atomic mass is 10.1. The predicted molar refractivity (Wildman–Crippen MR) is 111 cm³/mol. The summed E-state index contributed by atoms with van der Waals surface area (Å²) in [6, 6.07) is 18.8. The van der Waals surface area contributed by atoms with Gasteiger partial charge in [-0.1, -0.05) is 59.2 Å². The second-order valence-electron chi connectivity index (χ2n) is 6.14. The smallest absolute Gasteiger partial charge is 0.231 e. The number of anilines is 1.